The predicted octanol–water partition coefficient (Wildman–Crippen LogP) is 4.25. The first kappa shape index (κ1) is 13.8. The van der Waals surface area contributed by atoms with Crippen LogP contribution in [0.2, 0.25) is 0 Å². The number of benzene rings is 2. The van der Waals surface area contributed by atoms with Gasteiger partial charge in [-0.1, -0.05) is 45.8 Å². The third-order valence-electron chi connectivity index (χ3n) is 3.01. The minimum Gasteiger partial charge on any atom is -0.346 e. The highest BCUT2D eigenvalue weighted by Crippen LogP contribution is 2.18. The van der Waals surface area contributed by atoms with E-state index in [0.717, 1.165) is 15.6 Å². The van der Waals surface area contributed by atoms with Gasteiger partial charge < -0.3 is 5.32 Å². The molecule has 0 aliphatic rings. The van der Waals surface area contributed by atoms with Crippen molar-refractivity contribution in [2.24, 2.45) is 0 Å². The van der Waals surface area contributed by atoms with Gasteiger partial charge in [0.05, 0.1) is 6.04 Å². The fraction of sp³-hybridized carbons (Fsp3) is 0.188. The lowest BCUT2D eigenvalue weighted by Crippen LogP contribution is -2.26. The maximum absolute atomic E-state index is 12.1. The van der Waals surface area contributed by atoms with Crippen LogP contribution in [0.15, 0.2) is 53.0 Å². The Bertz CT molecular complexity index is 578. The maximum Gasteiger partial charge on any atom is 0.251 e. The van der Waals surface area contributed by atoms with E-state index in [9.17, 15) is 4.79 Å². The monoisotopic (exact) mass is 317 g/mol. The van der Waals surface area contributed by atoms with Crippen molar-refractivity contribution in [2.45, 2.75) is 19.9 Å². The fourth-order valence-corrected chi connectivity index (χ4v) is 2.26. The first-order valence-electron chi connectivity index (χ1n) is 6.19. The smallest absolute Gasteiger partial charge is 0.251 e. The highest BCUT2D eigenvalue weighted by atomic mass is 79.9. The second-order valence-corrected chi connectivity index (χ2v) is 5.53. The number of halogens is 1. The van der Waals surface area contributed by atoms with E-state index in [2.05, 4.69) is 21.2 Å². The van der Waals surface area contributed by atoms with Gasteiger partial charge in [0.1, 0.15) is 0 Å². The standard InChI is InChI=1S/C16H16BrNO/c1-11-6-8-13(9-7-11)16(19)18-12(2)14-4-3-5-15(17)10-14/h3-10,12H,1-2H3,(H,18,19)/t12-/m1/s1. The van der Waals surface area contributed by atoms with Crippen molar-refractivity contribution >= 4 is 21.8 Å². The molecule has 1 atom stereocenters. The number of nitrogens with one attached hydrogen (secondary N) is 1. The van der Waals surface area contributed by atoms with E-state index in [0.29, 0.717) is 5.56 Å². The number of hydrogen-bond acceptors (Lipinski definition) is 1. The number of carbonyl (C=O) groups is 1. The van der Waals surface area contributed by atoms with Crippen LogP contribution in [0.1, 0.15) is 34.5 Å². The Labute approximate surface area is 122 Å². The molecule has 0 fully saturated rings. The molecule has 0 saturated heterocycles. The summed E-state index contributed by atoms with van der Waals surface area (Å²) in [5, 5.41) is 3.00. The van der Waals surface area contributed by atoms with E-state index in [1.54, 1.807) is 0 Å². The van der Waals surface area contributed by atoms with Crippen LogP contribution < -0.4 is 5.32 Å². The number of rotatable bonds is 3. The second-order valence-electron chi connectivity index (χ2n) is 4.62. The summed E-state index contributed by atoms with van der Waals surface area (Å²) in [6.45, 7) is 3.99. The van der Waals surface area contributed by atoms with Crippen LogP contribution >= 0.6 is 15.9 Å². The summed E-state index contributed by atoms with van der Waals surface area (Å²) in [4.78, 5) is 12.1. The molecule has 0 aliphatic carbocycles. The van der Waals surface area contributed by atoms with Crippen LogP contribution in [-0.4, -0.2) is 5.91 Å². The Hall–Kier alpha value is -1.61. The number of hydrogen-bond donors (Lipinski definition) is 1. The molecule has 0 aliphatic heterocycles. The van der Waals surface area contributed by atoms with E-state index in [4.69, 9.17) is 0 Å². The quantitative estimate of drug-likeness (QED) is 0.901. The van der Waals surface area contributed by atoms with Crippen LogP contribution in [0.25, 0.3) is 0 Å². The number of carbonyl (C=O) groups excluding carboxylic acids is 1. The molecular formula is C16H16BrNO. The van der Waals surface area contributed by atoms with Crippen molar-refractivity contribution in [1.29, 1.82) is 0 Å². The minimum absolute atomic E-state index is 0.0219. The molecule has 3 heteroatoms. The zero-order valence-corrected chi connectivity index (χ0v) is 12.6. The highest BCUT2D eigenvalue weighted by Gasteiger charge is 2.11. The van der Waals surface area contributed by atoms with Gasteiger partial charge in [-0.15, -0.1) is 0 Å². The normalized spacial score (nSPS) is 11.9. The summed E-state index contributed by atoms with van der Waals surface area (Å²) < 4.78 is 1.02. The molecule has 0 spiro atoms. The molecule has 2 nitrogen and oxygen atoms in total. The molecule has 19 heavy (non-hydrogen) atoms. The number of amides is 1. The van der Waals surface area contributed by atoms with Gasteiger partial charge >= 0.3 is 0 Å². The average molecular weight is 318 g/mol. The first-order valence-corrected chi connectivity index (χ1v) is 6.98. The molecule has 2 aromatic carbocycles. The molecule has 0 saturated carbocycles. The Kier molecular flexibility index (Phi) is 4.38. The lowest BCUT2D eigenvalue weighted by Gasteiger charge is -2.14. The Morgan fingerprint density at radius 2 is 1.84 bits per heavy atom. The third-order valence-corrected chi connectivity index (χ3v) is 3.50. The van der Waals surface area contributed by atoms with Gasteiger partial charge in [-0.05, 0) is 43.7 Å². The van der Waals surface area contributed by atoms with Crippen molar-refractivity contribution in [3.8, 4) is 0 Å². The van der Waals surface area contributed by atoms with Gasteiger partial charge in [0, 0.05) is 10.0 Å². The van der Waals surface area contributed by atoms with Crippen LogP contribution in [-0.2, 0) is 0 Å². The molecule has 1 amide bonds. The first-order chi connectivity index (χ1) is 9.06. The lowest BCUT2D eigenvalue weighted by molar-refractivity contribution is 0.0940. The average Bonchev–Trinajstić information content (AvgIpc) is 2.39. The molecule has 1 N–H and O–H groups in total. The van der Waals surface area contributed by atoms with Crippen molar-refractivity contribution in [3.05, 3.63) is 69.7 Å². The van der Waals surface area contributed by atoms with E-state index in [1.807, 2.05) is 62.4 Å². The summed E-state index contributed by atoms with van der Waals surface area (Å²) in [6.07, 6.45) is 0. The van der Waals surface area contributed by atoms with Gasteiger partial charge in [0.25, 0.3) is 5.91 Å². The molecule has 0 aromatic heterocycles. The van der Waals surface area contributed by atoms with Crippen LogP contribution in [0.5, 0.6) is 0 Å². The summed E-state index contributed by atoms with van der Waals surface area (Å²) in [6, 6.07) is 15.5. The van der Waals surface area contributed by atoms with E-state index in [1.165, 1.54) is 0 Å². The Morgan fingerprint density at radius 1 is 1.16 bits per heavy atom. The molecule has 2 rings (SSSR count). The Morgan fingerprint density at radius 3 is 2.47 bits per heavy atom. The van der Waals surface area contributed by atoms with Crippen molar-refractivity contribution in [3.63, 3.8) is 0 Å². The summed E-state index contributed by atoms with van der Waals surface area (Å²) >= 11 is 3.44. The number of aryl methyl sites for hydroxylation is 1. The molecule has 98 valence electrons. The van der Waals surface area contributed by atoms with Gasteiger partial charge in [-0.25, -0.2) is 0 Å². The predicted molar refractivity (Wildman–Crippen MR) is 81.2 cm³/mol. The van der Waals surface area contributed by atoms with Crippen LogP contribution in [0, 0.1) is 6.92 Å². The largest absolute Gasteiger partial charge is 0.346 e. The van der Waals surface area contributed by atoms with Crippen molar-refractivity contribution in [1.82, 2.24) is 5.32 Å². The van der Waals surface area contributed by atoms with Gasteiger partial charge in [-0.3, -0.25) is 4.79 Å². The van der Waals surface area contributed by atoms with E-state index < -0.39 is 0 Å². The SMILES string of the molecule is Cc1ccc(C(=O)N[C@H](C)c2cccc(Br)c2)cc1. The topological polar surface area (TPSA) is 29.1 Å². The zero-order chi connectivity index (χ0) is 13.8. The zero-order valence-electron chi connectivity index (χ0n) is 11.0. The molecule has 0 radical (unpaired) electrons. The van der Waals surface area contributed by atoms with E-state index >= 15 is 0 Å². The van der Waals surface area contributed by atoms with E-state index in [-0.39, 0.29) is 11.9 Å². The van der Waals surface area contributed by atoms with Crippen molar-refractivity contribution in [2.75, 3.05) is 0 Å². The summed E-state index contributed by atoms with van der Waals surface area (Å²) in [5.41, 5.74) is 2.92. The van der Waals surface area contributed by atoms with Crippen LogP contribution in [0.4, 0.5) is 0 Å². The molecule has 0 unspecified atom stereocenters. The summed E-state index contributed by atoms with van der Waals surface area (Å²) in [7, 11) is 0. The van der Waals surface area contributed by atoms with Gasteiger partial charge in [0.15, 0.2) is 0 Å². The highest BCUT2D eigenvalue weighted by molar-refractivity contribution is 9.10. The minimum atomic E-state index is -0.0486. The fourth-order valence-electron chi connectivity index (χ4n) is 1.84. The third kappa shape index (κ3) is 3.67. The van der Waals surface area contributed by atoms with Crippen LogP contribution in [0.3, 0.4) is 0 Å². The molecule has 0 bridgehead atoms. The maximum atomic E-state index is 12.1. The summed E-state index contributed by atoms with van der Waals surface area (Å²) in [5.74, 6) is -0.0486. The molecule has 0 heterocycles. The molecule has 2 aromatic rings. The van der Waals surface area contributed by atoms with Crippen molar-refractivity contribution < 1.29 is 4.79 Å². The van der Waals surface area contributed by atoms with Gasteiger partial charge in [0.2, 0.25) is 0 Å². The second kappa shape index (κ2) is 6.02. The Balaban J connectivity index is 2.08. The lowest BCUT2D eigenvalue weighted by atomic mass is 10.1. The molecular weight excluding hydrogens is 302 g/mol. The van der Waals surface area contributed by atoms with Gasteiger partial charge in [-0.2, -0.15) is 0 Å².